The molecule has 2 heterocycles. The van der Waals surface area contributed by atoms with E-state index in [9.17, 15) is 21.6 Å². The Labute approximate surface area is 192 Å². The van der Waals surface area contributed by atoms with Crippen LogP contribution in [0.15, 0.2) is 9.52 Å². The van der Waals surface area contributed by atoms with Crippen LogP contribution in [0, 0.1) is 5.92 Å². The minimum atomic E-state index is -5.25. The number of alkyl halides is 3. The fourth-order valence-electron chi connectivity index (χ4n) is 3.27. The Bertz CT molecular complexity index is 785. The molecule has 1 aliphatic rings. The van der Waals surface area contributed by atoms with Crippen molar-refractivity contribution in [3.05, 3.63) is 17.0 Å². The molecule has 0 aromatic carbocycles. The first-order valence-electron chi connectivity index (χ1n) is 9.61. The smallest absolute Gasteiger partial charge is 0.361 e. The molecule has 0 amide bonds. The fraction of sp³-hybridized carbons (Fsp3) is 0.765. The summed E-state index contributed by atoms with van der Waals surface area (Å²) in [6.45, 7) is 4.70. The van der Waals surface area contributed by atoms with Crippen molar-refractivity contribution in [2.45, 2.75) is 51.6 Å². The first-order valence-corrected chi connectivity index (χ1v) is 11.0. The normalized spacial score (nSPS) is 16.9. The highest BCUT2D eigenvalue weighted by Gasteiger charge is 2.50. The van der Waals surface area contributed by atoms with Crippen LogP contribution in [-0.4, -0.2) is 56.0 Å². The summed E-state index contributed by atoms with van der Waals surface area (Å²) in [5.41, 5.74) is -3.35. The van der Waals surface area contributed by atoms with Gasteiger partial charge in [-0.15, -0.1) is 24.0 Å². The van der Waals surface area contributed by atoms with Gasteiger partial charge in [-0.05, 0) is 25.2 Å². The Kier molecular flexibility index (Phi) is 10.3. The Hall–Kier alpha value is -1.09. The molecule has 8 nitrogen and oxygen atoms in total. The SMILES string of the molecule is CCc1noc(CC)c1CNC(=NC)NCC1CCN(S(=O)(=O)C(F)(F)F)CC1.I. The lowest BCUT2D eigenvalue weighted by molar-refractivity contribution is -0.0496. The molecule has 0 radical (unpaired) electrons. The van der Waals surface area contributed by atoms with E-state index >= 15 is 0 Å². The third-order valence-electron chi connectivity index (χ3n) is 5.03. The van der Waals surface area contributed by atoms with Crippen LogP contribution < -0.4 is 10.6 Å². The van der Waals surface area contributed by atoms with Gasteiger partial charge in [-0.2, -0.15) is 17.5 Å². The van der Waals surface area contributed by atoms with Crippen molar-refractivity contribution < 1.29 is 26.1 Å². The van der Waals surface area contributed by atoms with Gasteiger partial charge in [-0.25, -0.2) is 8.42 Å². The number of rotatable bonds is 7. The van der Waals surface area contributed by atoms with Crippen molar-refractivity contribution >= 4 is 40.0 Å². The second-order valence-corrected chi connectivity index (χ2v) is 8.77. The van der Waals surface area contributed by atoms with Gasteiger partial charge < -0.3 is 15.2 Å². The van der Waals surface area contributed by atoms with Gasteiger partial charge in [0.1, 0.15) is 5.76 Å². The first kappa shape index (κ1) is 26.9. The zero-order valence-corrected chi connectivity index (χ0v) is 20.4. The van der Waals surface area contributed by atoms with Crippen LogP contribution >= 0.6 is 24.0 Å². The van der Waals surface area contributed by atoms with Crippen molar-refractivity contribution in [1.29, 1.82) is 0 Å². The third-order valence-corrected chi connectivity index (χ3v) is 6.66. The molecule has 0 bridgehead atoms. The minimum absolute atomic E-state index is 0. The molecule has 0 unspecified atom stereocenters. The Morgan fingerprint density at radius 3 is 2.37 bits per heavy atom. The zero-order valence-electron chi connectivity index (χ0n) is 17.3. The number of sulfonamides is 1. The molecule has 174 valence electrons. The maximum absolute atomic E-state index is 12.6. The van der Waals surface area contributed by atoms with Gasteiger partial charge in [-0.3, -0.25) is 4.99 Å². The molecular weight excluding hydrogens is 538 g/mol. The highest BCUT2D eigenvalue weighted by atomic mass is 127. The van der Waals surface area contributed by atoms with Crippen LogP contribution in [0.5, 0.6) is 0 Å². The number of nitrogens with one attached hydrogen (secondary N) is 2. The molecule has 1 aromatic heterocycles. The number of hydrogen-bond acceptors (Lipinski definition) is 5. The van der Waals surface area contributed by atoms with Crippen LogP contribution in [0.2, 0.25) is 0 Å². The first-order chi connectivity index (χ1) is 13.6. The van der Waals surface area contributed by atoms with Gasteiger partial charge in [0.2, 0.25) is 0 Å². The number of piperidine rings is 1. The minimum Gasteiger partial charge on any atom is -0.361 e. The lowest BCUT2D eigenvalue weighted by Crippen LogP contribution is -2.47. The van der Waals surface area contributed by atoms with Crippen LogP contribution in [0.1, 0.15) is 43.7 Å². The van der Waals surface area contributed by atoms with Crippen molar-refractivity contribution in [3.63, 3.8) is 0 Å². The summed E-state index contributed by atoms with van der Waals surface area (Å²) in [5, 5.41) is 10.4. The van der Waals surface area contributed by atoms with Crippen molar-refractivity contribution in [2.75, 3.05) is 26.7 Å². The number of aromatic nitrogens is 1. The lowest BCUT2D eigenvalue weighted by atomic mass is 9.98. The molecule has 1 saturated heterocycles. The van der Waals surface area contributed by atoms with E-state index in [2.05, 4.69) is 20.8 Å². The van der Waals surface area contributed by atoms with E-state index in [1.165, 1.54) is 0 Å². The third kappa shape index (κ3) is 6.45. The summed E-state index contributed by atoms with van der Waals surface area (Å²) in [7, 11) is -3.62. The monoisotopic (exact) mass is 567 g/mol. The molecule has 2 rings (SSSR count). The number of halogens is 4. The molecule has 1 aliphatic heterocycles. The summed E-state index contributed by atoms with van der Waals surface area (Å²) < 4.78 is 66.7. The van der Waals surface area contributed by atoms with Gasteiger partial charge in [0, 0.05) is 45.2 Å². The maximum Gasteiger partial charge on any atom is 0.511 e. The Morgan fingerprint density at radius 1 is 1.23 bits per heavy atom. The average molecular weight is 567 g/mol. The van der Waals surface area contributed by atoms with Crippen molar-refractivity contribution in [3.8, 4) is 0 Å². The van der Waals surface area contributed by atoms with E-state index in [0.717, 1.165) is 29.9 Å². The second kappa shape index (κ2) is 11.5. The molecule has 0 aliphatic carbocycles. The summed E-state index contributed by atoms with van der Waals surface area (Å²) in [4.78, 5) is 4.16. The van der Waals surface area contributed by atoms with E-state index in [4.69, 9.17) is 4.52 Å². The predicted molar refractivity (Wildman–Crippen MR) is 118 cm³/mol. The lowest BCUT2D eigenvalue weighted by Gasteiger charge is -2.31. The highest BCUT2D eigenvalue weighted by molar-refractivity contribution is 14.0. The quantitative estimate of drug-likeness (QED) is 0.299. The van der Waals surface area contributed by atoms with E-state index in [-0.39, 0.29) is 43.0 Å². The maximum atomic E-state index is 12.6. The predicted octanol–water partition coefficient (Wildman–Crippen LogP) is 2.64. The molecular formula is C17H29F3IN5O3S. The van der Waals surface area contributed by atoms with Crippen LogP contribution in [0.3, 0.4) is 0 Å². The zero-order chi connectivity index (χ0) is 21.7. The molecule has 0 atom stereocenters. The highest BCUT2D eigenvalue weighted by Crippen LogP contribution is 2.30. The number of hydrogen-bond donors (Lipinski definition) is 2. The Balaban J connectivity index is 0.00000450. The Morgan fingerprint density at radius 2 is 1.87 bits per heavy atom. The fourth-order valence-corrected chi connectivity index (χ4v) is 4.26. The van der Waals surface area contributed by atoms with E-state index < -0.39 is 15.5 Å². The molecule has 0 spiro atoms. The van der Waals surface area contributed by atoms with E-state index in [0.29, 0.717) is 36.2 Å². The number of aliphatic imine (C=N–C) groups is 1. The number of guanidine groups is 1. The van der Waals surface area contributed by atoms with E-state index in [1.807, 2.05) is 13.8 Å². The number of aryl methyl sites for hydroxylation is 2. The summed E-state index contributed by atoms with van der Waals surface area (Å²) >= 11 is 0. The largest absolute Gasteiger partial charge is 0.511 e. The average Bonchev–Trinajstić information content (AvgIpc) is 3.09. The van der Waals surface area contributed by atoms with Gasteiger partial charge in [-0.1, -0.05) is 19.0 Å². The van der Waals surface area contributed by atoms with E-state index in [1.54, 1.807) is 7.05 Å². The van der Waals surface area contributed by atoms with Gasteiger partial charge in [0.15, 0.2) is 5.96 Å². The van der Waals surface area contributed by atoms with Crippen molar-refractivity contribution in [1.82, 2.24) is 20.1 Å². The van der Waals surface area contributed by atoms with Crippen LogP contribution in [-0.2, 0) is 29.4 Å². The summed E-state index contributed by atoms with van der Waals surface area (Å²) in [6.07, 6.45) is 2.19. The topological polar surface area (TPSA) is 99.8 Å². The standard InChI is InChI=1S/C17H28F3N5O3S.HI/c1-4-14-13(15(5-2)28-24-14)11-23-16(21-3)22-10-12-6-8-25(9-7-12)29(26,27)17(18,19)20;/h12H,4-11H2,1-3H3,(H2,21,22,23);1H. The van der Waals surface area contributed by atoms with Crippen LogP contribution in [0.25, 0.3) is 0 Å². The summed E-state index contributed by atoms with van der Waals surface area (Å²) in [5.74, 6) is 1.44. The molecule has 0 saturated carbocycles. The number of nitrogens with zero attached hydrogens (tertiary/aromatic N) is 3. The molecule has 13 heteroatoms. The van der Waals surface area contributed by atoms with Gasteiger partial charge >= 0.3 is 15.5 Å². The summed E-state index contributed by atoms with van der Waals surface area (Å²) in [6, 6.07) is 0. The van der Waals surface area contributed by atoms with Crippen LogP contribution in [0.4, 0.5) is 13.2 Å². The van der Waals surface area contributed by atoms with Gasteiger partial charge in [0.25, 0.3) is 0 Å². The molecule has 30 heavy (non-hydrogen) atoms. The second-order valence-electron chi connectivity index (χ2n) is 6.84. The molecule has 1 fully saturated rings. The molecule has 1 aromatic rings. The van der Waals surface area contributed by atoms with Crippen molar-refractivity contribution in [2.24, 2.45) is 10.9 Å². The van der Waals surface area contributed by atoms with Gasteiger partial charge in [0.05, 0.1) is 5.69 Å². The molecule has 2 N–H and O–H groups in total.